The first-order valence-corrected chi connectivity index (χ1v) is 5.24. The quantitative estimate of drug-likeness (QED) is 0.796. The van der Waals surface area contributed by atoms with Gasteiger partial charge in [-0.25, -0.2) is 0 Å². The maximum Gasteiger partial charge on any atom is 0.147 e. The summed E-state index contributed by atoms with van der Waals surface area (Å²) in [6.07, 6.45) is 0. The van der Waals surface area contributed by atoms with E-state index in [0.29, 0.717) is 22.7 Å². The highest BCUT2D eigenvalue weighted by Gasteiger charge is 2.07. The number of rotatable bonds is 2. The lowest BCUT2D eigenvalue weighted by molar-refractivity contribution is 0.481. The van der Waals surface area contributed by atoms with E-state index >= 15 is 0 Å². The van der Waals surface area contributed by atoms with Crippen molar-refractivity contribution in [3.05, 3.63) is 53.6 Å². The molecule has 0 saturated heterocycles. The van der Waals surface area contributed by atoms with Crippen LogP contribution in [-0.4, -0.2) is 0 Å². The Morgan fingerprint density at radius 3 is 2.47 bits per heavy atom. The molecule has 0 aliphatic carbocycles. The third-order valence-electron chi connectivity index (χ3n) is 2.42. The van der Waals surface area contributed by atoms with E-state index in [-0.39, 0.29) is 0 Å². The summed E-state index contributed by atoms with van der Waals surface area (Å²) in [5, 5.41) is 9.01. The topological polar surface area (TPSA) is 59.0 Å². The minimum Gasteiger partial charge on any atom is -0.456 e. The van der Waals surface area contributed by atoms with Crippen molar-refractivity contribution >= 4 is 5.69 Å². The lowest BCUT2D eigenvalue weighted by Crippen LogP contribution is -1.94. The van der Waals surface area contributed by atoms with Crippen LogP contribution in [0.15, 0.2) is 42.5 Å². The highest BCUT2D eigenvalue weighted by molar-refractivity contribution is 5.61. The molecule has 3 heteroatoms. The molecule has 0 aliphatic rings. The van der Waals surface area contributed by atoms with Crippen LogP contribution in [0, 0.1) is 18.3 Å². The second-order valence-corrected chi connectivity index (χ2v) is 3.75. The summed E-state index contributed by atoms with van der Waals surface area (Å²) in [7, 11) is 0. The summed E-state index contributed by atoms with van der Waals surface area (Å²) in [4.78, 5) is 0. The molecule has 17 heavy (non-hydrogen) atoms. The zero-order valence-corrected chi connectivity index (χ0v) is 9.47. The van der Waals surface area contributed by atoms with E-state index in [2.05, 4.69) is 0 Å². The maximum absolute atomic E-state index is 9.01. The number of hydrogen-bond donors (Lipinski definition) is 1. The number of aryl methyl sites for hydroxylation is 1. The summed E-state index contributed by atoms with van der Waals surface area (Å²) in [5.41, 5.74) is 7.66. The molecule has 0 radical (unpaired) electrons. The van der Waals surface area contributed by atoms with E-state index in [1.807, 2.05) is 37.3 Å². The molecule has 0 saturated carbocycles. The fourth-order valence-corrected chi connectivity index (χ4v) is 1.49. The monoisotopic (exact) mass is 224 g/mol. The average Bonchev–Trinajstić information content (AvgIpc) is 2.32. The van der Waals surface area contributed by atoms with Crippen LogP contribution in [0.1, 0.15) is 11.1 Å². The van der Waals surface area contributed by atoms with Crippen LogP contribution in [-0.2, 0) is 0 Å². The van der Waals surface area contributed by atoms with E-state index in [4.69, 9.17) is 15.7 Å². The average molecular weight is 224 g/mol. The van der Waals surface area contributed by atoms with Crippen molar-refractivity contribution in [2.75, 3.05) is 5.73 Å². The van der Waals surface area contributed by atoms with E-state index in [1.54, 1.807) is 18.2 Å². The number of nitriles is 1. The molecular weight excluding hydrogens is 212 g/mol. The summed E-state index contributed by atoms with van der Waals surface area (Å²) < 4.78 is 5.63. The summed E-state index contributed by atoms with van der Waals surface area (Å²) >= 11 is 0. The van der Waals surface area contributed by atoms with Gasteiger partial charge < -0.3 is 10.5 Å². The Hall–Kier alpha value is -2.47. The number of nitrogens with zero attached hydrogens (tertiary/aromatic N) is 1. The second kappa shape index (κ2) is 4.58. The Morgan fingerprint density at radius 2 is 1.82 bits per heavy atom. The predicted molar refractivity (Wildman–Crippen MR) is 66.8 cm³/mol. The Labute approximate surface area is 100 Å². The van der Waals surface area contributed by atoms with E-state index in [9.17, 15) is 0 Å². The standard InChI is InChI=1S/C14H12N2O/c1-10-5-7-11(8-6-10)17-14-4-2-3-13(16)12(14)9-15/h2-8H,16H2,1H3. The van der Waals surface area contributed by atoms with Crippen molar-refractivity contribution in [3.63, 3.8) is 0 Å². The van der Waals surface area contributed by atoms with Gasteiger partial charge in [0.2, 0.25) is 0 Å². The van der Waals surface area contributed by atoms with Crippen molar-refractivity contribution in [1.29, 1.82) is 5.26 Å². The van der Waals surface area contributed by atoms with Gasteiger partial charge in [-0.1, -0.05) is 23.8 Å². The van der Waals surface area contributed by atoms with Gasteiger partial charge in [0.05, 0.1) is 5.69 Å². The zero-order chi connectivity index (χ0) is 12.3. The van der Waals surface area contributed by atoms with Crippen molar-refractivity contribution in [1.82, 2.24) is 0 Å². The second-order valence-electron chi connectivity index (χ2n) is 3.75. The molecule has 0 aromatic heterocycles. The van der Waals surface area contributed by atoms with Crippen LogP contribution in [0.25, 0.3) is 0 Å². The van der Waals surface area contributed by atoms with Crippen molar-refractivity contribution in [2.24, 2.45) is 0 Å². The van der Waals surface area contributed by atoms with E-state index in [1.165, 1.54) is 0 Å². The van der Waals surface area contributed by atoms with Crippen LogP contribution in [0.4, 0.5) is 5.69 Å². The fraction of sp³-hybridized carbons (Fsp3) is 0.0714. The summed E-state index contributed by atoms with van der Waals surface area (Å²) in [6, 6.07) is 14.8. The number of hydrogen-bond acceptors (Lipinski definition) is 3. The Balaban J connectivity index is 2.34. The molecule has 0 aliphatic heterocycles. The van der Waals surface area contributed by atoms with Gasteiger partial charge in [-0.2, -0.15) is 5.26 Å². The van der Waals surface area contributed by atoms with Gasteiger partial charge in [-0.3, -0.25) is 0 Å². The molecule has 2 aromatic carbocycles. The zero-order valence-electron chi connectivity index (χ0n) is 9.47. The molecule has 0 fully saturated rings. The maximum atomic E-state index is 9.01. The normalized spacial score (nSPS) is 9.65. The van der Waals surface area contributed by atoms with Gasteiger partial charge in [-0.05, 0) is 31.2 Å². The van der Waals surface area contributed by atoms with Gasteiger partial charge in [0.15, 0.2) is 0 Å². The first-order chi connectivity index (χ1) is 8.20. The molecule has 2 N–H and O–H groups in total. The van der Waals surface area contributed by atoms with Crippen molar-refractivity contribution < 1.29 is 4.74 Å². The lowest BCUT2D eigenvalue weighted by atomic mass is 10.2. The Bertz CT molecular complexity index is 568. The van der Waals surface area contributed by atoms with Crippen molar-refractivity contribution in [2.45, 2.75) is 6.92 Å². The van der Waals surface area contributed by atoms with Crippen LogP contribution < -0.4 is 10.5 Å². The van der Waals surface area contributed by atoms with E-state index < -0.39 is 0 Å². The first-order valence-electron chi connectivity index (χ1n) is 5.24. The Morgan fingerprint density at radius 1 is 1.12 bits per heavy atom. The van der Waals surface area contributed by atoms with Crippen molar-refractivity contribution in [3.8, 4) is 17.6 Å². The first kappa shape index (κ1) is 11.0. The predicted octanol–water partition coefficient (Wildman–Crippen LogP) is 3.24. The molecule has 2 aromatic rings. The summed E-state index contributed by atoms with van der Waals surface area (Å²) in [6.45, 7) is 2.00. The van der Waals surface area contributed by atoms with Gasteiger partial charge in [0, 0.05) is 0 Å². The third kappa shape index (κ3) is 2.37. The SMILES string of the molecule is Cc1ccc(Oc2cccc(N)c2C#N)cc1. The lowest BCUT2D eigenvalue weighted by Gasteiger charge is -2.08. The van der Waals surface area contributed by atoms with Crippen LogP contribution >= 0.6 is 0 Å². The summed E-state index contributed by atoms with van der Waals surface area (Å²) in [5.74, 6) is 1.18. The molecule has 2 rings (SSSR count). The van der Waals surface area contributed by atoms with Crippen LogP contribution in [0.3, 0.4) is 0 Å². The molecule has 0 atom stereocenters. The number of benzene rings is 2. The minimum absolute atomic E-state index is 0.369. The van der Waals surface area contributed by atoms with Gasteiger partial charge in [0.25, 0.3) is 0 Å². The highest BCUT2D eigenvalue weighted by atomic mass is 16.5. The van der Waals surface area contributed by atoms with Gasteiger partial charge in [-0.15, -0.1) is 0 Å². The molecular formula is C14H12N2O. The van der Waals surface area contributed by atoms with E-state index in [0.717, 1.165) is 5.56 Å². The molecule has 3 nitrogen and oxygen atoms in total. The largest absolute Gasteiger partial charge is 0.456 e. The number of anilines is 1. The smallest absolute Gasteiger partial charge is 0.147 e. The fourth-order valence-electron chi connectivity index (χ4n) is 1.49. The molecule has 0 amide bonds. The third-order valence-corrected chi connectivity index (χ3v) is 2.42. The van der Waals surface area contributed by atoms with Crippen LogP contribution in [0.5, 0.6) is 11.5 Å². The molecule has 0 unspecified atom stereocenters. The highest BCUT2D eigenvalue weighted by Crippen LogP contribution is 2.28. The number of nitrogens with two attached hydrogens (primary N) is 1. The molecule has 0 heterocycles. The number of nitrogen functional groups attached to an aromatic ring is 1. The molecule has 0 bridgehead atoms. The number of ether oxygens (including phenoxy) is 1. The molecule has 84 valence electrons. The van der Waals surface area contributed by atoms with Gasteiger partial charge >= 0.3 is 0 Å². The van der Waals surface area contributed by atoms with Gasteiger partial charge in [0.1, 0.15) is 23.1 Å². The molecule has 0 spiro atoms. The minimum atomic E-state index is 0.369. The Kier molecular flexibility index (Phi) is 2.97. The van der Waals surface area contributed by atoms with Crippen LogP contribution in [0.2, 0.25) is 0 Å².